The summed E-state index contributed by atoms with van der Waals surface area (Å²) < 4.78 is 44.0. The topological polar surface area (TPSA) is 107 Å². The number of pyridine rings is 1. The van der Waals surface area contributed by atoms with Gasteiger partial charge in [0.1, 0.15) is 5.75 Å². The molecule has 1 aliphatic heterocycles. The highest BCUT2D eigenvalue weighted by Crippen LogP contribution is 2.32. The van der Waals surface area contributed by atoms with Gasteiger partial charge in [0.05, 0.1) is 38.4 Å². The summed E-state index contributed by atoms with van der Waals surface area (Å²) in [5.41, 5.74) is 3.32. The molecule has 0 radical (unpaired) electrons. The number of ether oxygens (including phenoxy) is 1. The van der Waals surface area contributed by atoms with Crippen LogP contribution in [0, 0.1) is 10.1 Å². The zero-order valence-corrected chi connectivity index (χ0v) is 20.7. The van der Waals surface area contributed by atoms with E-state index in [0.29, 0.717) is 39.2 Å². The average Bonchev–Trinajstić information content (AvgIpc) is 2.87. The van der Waals surface area contributed by atoms with E-state index in [4.69, 9.17) is 9.98 Å². The molecular formula is C27H21F3N6O3. The molecule has 9 nitrogen and oxygen atoms in total. The highest BCUT2D eigenvalue weighted by Gasteiger charge is 2.31. The van der Waals surface area contributed by atoms with Crippen molar-refractivity contribution in [1.82, 2.24) is 14.5 Å². The molecule has 198 valence electrons. The van der Waals surface area contributed by atoms with E-state index in [2.05, 4.69) is 15.0 Å². The number of halogens is 3. The monoisotopic (exact) mass is 534 g/mol. The third-order valence-electron chi connectivity index (χ3n) is 5.66. The van der Waals surface area contributed by atoms with Gasteiger partial charge in [-0.2, -0.15) is 0 Å². The quantitative estimate of drug-likeness (QED) is 0.154. The molecule has 2 aliphatic rings. The minimum Gasteiger partial charge on any atom is -0.406 e. The SMILES string of the molecule is CC(C)N=c1cc2n(-c3ccc(OC(F)(F)F)cc3)c3ccccc3nc-2cc1Nc1ncccc1[N+](=O)[O-]. The molecule has 0 saturated carbocycles. The maximum Gasteiger partial charge on any atom is 0.573 e. The lowest BCUT2D eigenvalue weighted by atomic mass is 10.1. The Morgan fingerprint density at radius 2 is 1.79 bits per heavy atom. The Labute approximate surface area is 219 Å². The molecule has 0 spiro atoms. The van der Waals surface area contributed by atoms with Crippen LogP contribution in [-0.4, -0.2) is 31.9 Å². The Balaban J connectivity index is 1.74. The summed E-state index contributed by atoms with van der Waals surface area (Å²) in [6, 6.07) is 19.1. The van der Waals surface area contributed by atoms with Gasteiger partial charge in [-0.3, -0.25) is 15.1 Å². The second-order valence-corrected chi connectivity index (χ2v) is 8.81. The van der Waals surface area contributed by atoms with Gasteiger partial charge in [0, 0.05) is 24.0 Å². The molecule has 0 fully saturated rings. The lowest BCUT2D eigenvalue weighted by Gasteiger charge is -2.20. The summed E-state index contributed by atoms with van der Waals surface area (Å²) in [5.74, 6) is -0.288. The average molecular weight is 534 g/mol. The fourth-order valence-electron chi connectivity index (χ4n) is 4.17. The summed E-state index contributed by atoms with van der Waals surface area (Å²) in [6.45, 7) is 3.78. The van der Waals surface area contributed by atoms with Crippen LogP contribution < -0.4 is 15.4 Å². The van der Waals surface area contributed by atoms with Crippen LogP contribution in [-0.2, 0) is 0 Å². The van der Waals surface area contributed by atoms with Crippen molar-refractivity contribution < 1.29 is 22.8 Å². The molecular weight excluding hydrogens is 513 g/mol. The largest absolute Gasteiger partial charge is 0.573 e. The Hall–Kier alpha value is -5.00. The predicted molar refractivity (Wildman–Crippen MR) is 139 cm³/mol. The second-order valence-electron chi connectivity index (χ2n) is 8.81. The molecule has 39 heavy (non-hydrogen) atoms. The highest BCUT2D eigenvalue weighted by atomic mass is 19.4. The first-order valence-corrected chi connectivity index (χ1v) is 11.8. The van der Waals surface area contributed by atoms with Crippen molar-refractivity contribution in [1.29, 1.82) is 0 Å². The number of benzene rings is 3. The zero-order chi connectivity index (χ0) is 27.7. The standard InChI is InChI=1S/C27H21F3N6O3/c1-16(2)32-21-15-25-22(14-20(21)34-26-24(36(37)38)8-5-13-31-26)33-19-6-3-4-7-23(19)35(25)17-9-11-18(12-10-17)39-27(28,29)30/h3-16H,1-2H3,(H,31,34). The molecule has 12 heteroatoms. The molecule has 0 amide bonds. The van der Waals surface area contributed by atoms with E-state index >= 15 is 0 Å². The minimum absolute atomic E-state index is 0.0518. The maximum absolute atomic E-state index is 12.7. The van der Waals surface area contributed by atoms with Crippen LogP contribution in [0.1, 0.15) is 13.8 Å². The Kier molecular flexibility index (Phi) is 6.60. The molecule has 0 unspecified atom stereocenters. The van der Waals surface area contributed by atoms with Crippen molar-refractivity contribution in [3.63, 3.8) is 0 Å². The summed E-state index contributed by atoms with van der Waals surface area (Å²) in [4.78, 5) is 24.6. The first kappa shape index (κ1) is 25.6. The minimum atomic E-state index is -4.80. The van der Waals surface area contributed by atoms with Crippen LogP contribution in [0.4, 0.5) is 30.4 Å². The van der Waals surface area contributed by atoms with Crippen molar-refractivity contribution in [2.24, 2.45) is 4.99 Å². The van der Waals surface area contributed by atoms with Crippen molar-refractivity contribution >= 4 is 28.2 Å². The van der Waals surface area contributed by atoms with Gasteiger partial charge in [-0.1, -0.05) is 12.1 Å². The molecule has 2 heterocycles. The summed E-state index contributed by atoms with van der Waals surface area (Å²) in [5, 5.41) is 15.1. The molecule has 1 aliphatic carbocycles. The van der Waals surface area contributed by atoms with Crippen molar-refractivity contribution in [2.75, 3.05) is 5.32 Å². The van der Waals surface area contributed by atoms with Crippen LogP contribution >= 0.6 is 0 Å². The van der Waals surface area contributed by atoms with Crippen molar-refractivity contribution in [3.8, 4) is 22.8 Å². The van der Waals surface area contributed by atoms with E-state index in [9.17, 15) is 23.3 Å². The van der Waals surface area contributed by atoms with Gasteiger partial charge < -0.3 is 14.6 Å². The molecule has 0 saturated heterocycles. The van der Waals surface area contributed by atoms with Gasteiger partial charge >= 0.3 is 12.0 Å². The molecule has 0 bridgehead atoms. The van der Waals surface area contributed by atoms with Crippen LogP contribution in [0.25, 0.3) is 28.1 Å². The van der Waals surface area contributed by atoms with E-state index in [1.165, 1.54) is 42.6 Å². The number of hydrogen-bond donors (Lipinski definition) is 1. The third-order valence-corrected chi connectivity index (χ3v) is 5.66. The molecule has 2 aromatic carbocycles. The number of aromatic nitrogens is 3. The van der Waals surface area contributed by atoms with E-state index in [1.54, 1.807) is 12.1 Å². The maximum atomic E-state index is 12.7. The molecule has 3 aromatic rings. The van der Waals surface area contributed by atoms with E-state index in [0.717, 1.165) is 0 Å². The first-order chi connectivity index (χ1) is 18.6. The van der Waals surface area contributed by atoms with Gasteiger partial charge in [0.25, 0.3) is 0 Å². The lowest BCUT2D eigenvalue weighted by molar-refractivity contribution is -0.384. The Bertz CT molecular complexity index is 1720. The predicted octanol–water partition coefficient (Wildman–Crippen LogP) is 6.38. The normalized spacial score (nSPS) is 12.3. The van der Waals surface area contributed by atoms with Crippen LogP contribution in [0.3, 0.4) is 0 Å². The number of hydrogen-bond acceptors (Lipinski definition) is 7. The molecule has 1 aromatic heterocycles. The van der Waals surface area contributed by atoms with Crippen LogP contribution in [0.2, 0.25) is 0 Å². The summed E-state index contributed by atoms with van der Waals surface area (Å²) in [6.07, 6.45) is -3.36. The number of para-hydroxylation sites is 2. The molecule has 0 atom stereocenters. The highest BCUT2D eigenvalue weighted by molar-refractivity contribution is 5.84. The van der Waals surface area contributed by atoms with Crippen LogP contribution in [0.15, 0.2) is 84.0 Å². The number of alkyl halides is 3. The summed E-state index contributed by atoms with van der Waals surface area (Å²) in [7, 11) is 0. The van der Waals surface area contributed by atoms with Gasteiger partial charge in [-0.05, 0) is 68.4 Å². The van der Waals surface area contributed by atoms with Gasteiger partial charge in [0.2, 0.25) is 5.82 Å². The smallest absolute Gasteiger partial charge is 0.406 e. The number of nitrogens with zero attached hydrogens (tertiary/aromatic N) is 5. The van der Waals surface area contributed by atoms with Gasteiger partial charge in [-0.15, -0.1) is 13.2 Å². The van der Waals surface area contributed by atoms with Crippen LogP contribution in [0.5, 0.6) is 5.75 Å². The Morgan fingerprint density at radius 1 is 1.05 bits per heavy atom. The first-order valence-electron chi connectivity index (χ1n) is 11.8. The van der Waals surface area contributed by atoms with E-state index in [-0.39, 0.29) is 23.3 Å². The molecule has 5 rings (SSSR count). The number of fused-ring (bicyclic) bond motifs is 2. The lowest BCUT2D eigenvalue weighted by Crippen LogP contribution is -2.17. The van der Waals surface area contributed by atoms with Gasteiger partial charge in [-0.25, -0.2) is 9.97 Å². The fourth-order valence-corrected chi connectivity index (χ4v) is 4.17. The molecule has 1 N–H and O–H groups in total. The van der Waals surface area contributed by atoms with Crippen molar-refractivity contribution in [3.05, 3.63) is 94.5 Å². The van der Waals surface area contributed by atoms with Gasteiger partial charge in [0.15, 0.2) is 0 Å². The number of nitrogens with one attached hydrogen (secondary N) is 1. The second kappa shape index (κ2) is 10.0. The fraction of sp³-hybridized carbons (Fsp3) is 0.148. The number of rotatable bonds is 6. The van der Waals surface area contributed by atoms with Crippen molar-refractivity contribution in [2.45, 2.75) is 26.3 Å². The zero-order valence-electron chi connectivity index (χ0n) is 20.7. The van der Waals surface area contributed by atoms with E-state index < -0.39 is 11.3 Å². The number of nitro groups is 1. The van der Waals surface area contributed by atoms with E-state index in [1.807, 2.05) is 42.7 Å². The third kappa shape index (κ3) is 5.49. The Morgan fingerprint density at radius 3 is 2.49 bits per heavy atom. The number of anilines is 2. The summed E-state index contributed by atoms with van der Waals surface area (Å²) >= 11 is 0.